The molecule has 1 fully saturated rings. The van der Waals surface area contributed by atoms with Gasteiger partial charge in [0.25, 0.3) is 0 Å². The molecular formula is C21H37N5O. The van der Waals surface area contributed by atoms with Gasteiger partial charge in [0.05, 0.1) is 12.6 Å². The highest BCUT2D eigenvalue weighted by atomic mass is 16.5. The number of pyridine rings is 1. The van der Waals surface area contributed by atoms with Crippen molar-refractivity contribution in [2.45, 2.75) is 59.6 Å². The summed E-state index contributed by atoms with van der Waals surface area (Å²) in [4.78, 5) is 11.7. The Labute approximate surface area is 164 Å². The highest BCUT2D eigenvalue weighted by Gasteiger charge is 2.25. The number of ether oxygens (including phenoxy) is 1. The second kappa shape index (κ2) is 9.93. The molecule has 0 spiro atoms. The van der Waals surface area contributed by atoms with Crippen LogP contribution in [0.3, 0.4) is 0 Å². The van der Waals surface area contributed by atoms with E-state index in [0.29, 0.717) is 12.6 Å². The van der Waals surface area contributed by atoms with Gasteiger partial charge in [-0.15, -0.1) is 0 Å². The third-order valence-electron chi connectivity index (χ3n) is 5.07. The maximum atomic E-state index is 5.63. The maximum absolute atomic E-state index is 5.63. The molecule has 152 valence electrons. The van der Waals surface area contributed by atoms with Gasteiger partial charge in [-0.2, -0.15) is 0 Å². The molecule has 1 saturated heterocycles. The first-order valence-electron chi connectivity index (χ1n) is 10.1. The Morgan fingerprint density at radius 2 is 2.04 bits per heavy atom. The summed E-state index contributed by atoms with van der Waals surface area (Å²) in [7, 11) is 1.76. The van der Waals surface area contributed by atoms with Crippen LogP contribution in [0.1, 0.15) is 46.1 Å². The van der Waals surface area contributed by atoms with E-state index in [-0.39, 0.29) is 11.5 Å². The molecule has 0 bridgehead atoms. The molecule has 1 aromatic rings. The number of nitrogens with zero attached hydrogens (tertiary/aromatic N) is 3. The number of aryl methyl sites for hydroxylation is 1. The third kappa shape index (κ3) is 6.69. The molecule has 0 aliphatic carbocycles. The van der Waals surface area contributed by atoms with E-state index < -0.39 is 0 Å². The molecule has 1 atom stereocenters. The van der Waals surface area contributed by atoms with Crippen molar-refractivity contribution < 1.29 is 4.74 Å². The number of aliphatic imine (C=N–C) groups is 1. The number of rotatable bonds is 6. The average molecular weight is 376 g/mol. The van der Waals surface area contributed by atoms with E-state index in [1.54, 1.807) is 7.11 Å². The van der Waals surface area contributed by atoms with Crippen LogP contribution >= 0.6 is 0 Å². The van der Waals surface area contributed by atoms with Crippen molar-refractivity contribution in [1.82, 2.24) is 15.6 Å². The van der Waals surface area contributed by atoms with Gasteiger partial charge in [-0.1, -0.05) is 26.8 Å². The van der Waals surface area contributed by atoms with E-state index >= 15 is 0 Å². The number of guanidine groups is 1. The molecule has 0 aromatic carbocycles. The Balaban J connectivity index is 1.89. The minimum atomic E-state index is 0.0714. The number of anilines is 1. The van der Waals surface area contributed by atoms with Crippen LogP contribution in [0, 0.1) is 12.3 Å². The second-order valence-electron chi connectivity index (χ2n) is 8.41. The summed E-state index contributed by atoms with van der Waals surface area (Å²) in [5.41, 5.74) is 1.27. The van der Waals surface area contributed by atoms with Crippen LogP contribution in [0.15, 0.2) is 23.3 Å². The van der Waals surface area contributed by atoms with Gasteiger partial charge in [0.15, 0.2) is 5.96 Å². The van der Waals surface area contributed by atoms with E-state index in [0.717, 1.165) is 44.3 Å². The molecule has 27 heavy (non-hydrogen) atoms. The van der Waals surface area contributed by atoms with E-state index in [4.69, 9.17) is 9.73 Å². The van der Waals surface area contributed by atoms with Crippen LogP contribution in [0.2, 0.25) is 0 Å². The largest absolute Gasteiger partial charge is 0.379 e. The predicted octanol–water partition coefficient (Wildman–Crippen LogP) is 2.98. The normalized spacial score (nSPS) is 17.7. The molecule has 0 radical (unpaired) electrons. The monoisotopic (exact) mass is 375 g/mol. The fourth-order valence-corrected chi connectivity index (χ4v) is 3.29. The van der Waals surface area contributed by atoms with Gasteiger partial charge in [0, 0.05) is 39.0 Å². The zero-order valence-electron chi connectivity index (χ0n) is 17.9. The molecule has 0 amide bonds. The number of hydrogen-bond acceptors (Lipinski definition) is 4. The van der Waals surface area contributed by atoms with E-state index in [9.17, 15) is 0 Å². The summed E-state index contributed by atoms with van der Waals surface area (Å²) in [6.45, 7) is 14.3. The van der Waals surface area contributed by atoms with Crippen molar-refractivity contribution in [2.24, 2.45) is 10.4 Å². The molecule has 6 nitrogen and oxygen atoms in total. The van der Waals surface area contributed by atoms with E-state index in [1.807, 2.05) is 6.20 Å². The Morgan fingerprint density at radius 3 is 2.56 bits per heavy atom. The Morgan fingerprint density at radius 1 is 1.33 bits per heavy atom. The van der Waals surface area contributed by atoms with Gasteiger partial charge < -0.3 is 20.3 Å². The lowest BCUT2D eigenvalue weighted by molar-refractivity contribution is 0.0241. The SMILES string of the molecule is CCNC(=NCC(OC)C(C)(C)C)NC1CCN(c2ccc(C)cn2)CC1. The van der Waals surface area contributed by atoms with Gasteiger partial charge in [0.2, 0.25) is 0 Å². The van der Waals surface area contributed by atoms with Crippen molar-refractivity contribution in [3.05, 3.63) is 23.9 Å². The molecule has 0 saturated carbocycles. The van der Waals surface area contributed by atoms with Crippen molar-refractivity contribution in [2.75, 3.05) is 38.2 Å². The molecule has 1 aliphatic rings. The topological polar surface area (TPSA) is 61.8 Å². The standard InChI is InChI=1S/C21H37N5O/c1-7-22-20(24-15-18(27-6)21(3,4)5)25-17-10-12-26(13-11-17)19-9-8-16(2)14-23-19/h8-9,14,17-18H,7,10-13,15H2,1-6H3,(H2,22,24,25). The number of nitrogens with one attached hydrogen (secondary N) is 2. The zero-order chi connectivity index (χ0) is 19.9. The maximum Gasteiger partial charge on any atom is 0.191 e. The van der Waals surface area contributed by atoms with Gasteiger partial charge >= 0.3 is 0 Å². The van der Waals surface area contributed by atoms with E-state index in [2.05, 4.69) is 67.3 Å². The van der Waals surface area contributed by atoms with Crippen LogP contribution in [-0.4, -0.2) is 56.4 Å². The minimum Gasteiger partial charge on any atom is -0.379 e. The van der Waals surface area contributed by atoms with Crippen molar-refractivity contribution >= 4 is 11.8 Å². The Kier molecular flexibility index (Phi) is 7.90. The number of hydrogen-bond donors (Lipinski definition) is 2. The van der Waals surface area contributed by atoms with Crippen LogP contribution in [0.4, 0.5) is 5.82 Å². The fraction of sp³-hybridized carbons (Fsp3) is 0.714. The first-order chi connectivity index (χ1) is 12.8. The number of methoxy groups -OCH3 is 1. The first kappa shape index (κ1) is 21.5. The highest BCUT2D eigenvalue weighted by Crippen LogP contribution is 2.22. The lowest BCUT2D eigenvalue weighted by Gasteiger charge is -2.34. The van der Waals surface area contributed by atoms with E-state index in [1.165, 1.54) is 5.56 Å². The lowest BCUT2D eigenvalue weighted by atomic mass is 9.89. The Hall–Kier alpha value is -1.82. The Bertz CT molecular complexity index is 586. The molecule has 1 unspecified atom stereocenters. The van der Waals surface area contributed by atoms with Crippen LogP contribution in [0.5, 0.6) is 0 Å². The molecule has 6 heteroatoms. The molecule has 2 N–H and O–H groups in total. The van der Waals surface area contributed by atoms with Crippen molar-refractivity contribution in [3.8, 4) is 0 Å². The highest BCUT2D eigenvalue weighted by molar-refractivity contribution is 5.80. The summed E-state index contributed by atoms with van der Waals surface area (Å²) < 4.78 is 5.63. The third-order valence-corrected chi connectivity index (χ3v) is 5.07. The summed E-state index contributed by atoms with van der Waals surface area (Å²) in [5, 5.41) is 6.97. The number of aromatic nitrogens is 1. The van der Waals surface area contributed by atoms with Crippen LogP contribution in [0.25, 0.3) is 0 Å². The average Bonchev–Trinajstić information content (AvgIpc) is 2.62. The van der Waals surface area contributed by atoms with Crippen LogP contribution in [-0.2, 0) is 4.74 Å². The summed E-state index contributed by atoms with van der Waals surface area (Å²) >= 11 is 0. The molecule has 2 rings (SSSR count). The van der Waals surface area contributed by atoms with Gasteiger partial charge in [-0.3, -0.25) is 4.99 Å². The number of piperidine rings is 1. The van der Waals surface area contributed by atoms with Gasteiger partial charge in [-0.05, 0) is 43.7 Å². The first-order valence-corrected chi connectivity index (χ1v) is 10.1. The van der Waals surface area contributed by atoms with Crippen LogP contribution < -0.4 is 15.5 Å². The molecular weight excluding hydrogens is 338 g/mol. The van der Waals surface area contributed by atoms with Crippen molar-refractivity contribution in [3.63, 3.8) is 0 Å². The molecule has 1 aliphatic heterocycles. The summed E-state index contributed by atoms with van der Waals surface area (Å²) in [6, 6.07) is 4.68. The second-order valence-corrected chi connectivity index (χ2v) is 8.41. The quantitative estimate of drug-likeness (QED) is 0.591. The van der Waals surface area contributed by atoms with Gasteiger partial charge in [-0.25, -0.2) is 4.98 Å². The molecule has 1 aromatic heterocycles. The lowest BCUT2D eigenvalue weighted by Crippen LogP contribution is -2.49. The smallest absolute Gasteiger partial charge is 0.191 e. The zero-order valence-corrected chi connectivity index (χ0v) is 17.9. The van der Waals surface area contributed by atoms with Crippen molar-refractivity contribution in [1.29, 1.82) is 0 Å². The predicted molar refractivity (Wildman–Crippen MR) is 114 cm³/mol. The fourth-order valence-electron chi connectivity index (χ4n) is 3.29. The minimum absolute atomic E-state index is 0.0714. The molecule has 2 heterocycles. The summed E-state index contributed by atoms with van der Waals surface area (Å²) in [5.74, 6) is 1.96. The summed E-state index contributed by atoms with van der Waals surface area (Å²) in [6.07, 6.45) is 4.19. The van der Waals surface area contributed by atoms with Gasteiger partial charge in [0.1, 0.15) is 5.82 Å².